The van der Waals surface area contributed by atoms with E-state index in [-0.39, 0.29) is 24.4 Å². The molecule has 2 heterocycles. The van der Waals surface area contributed by atoms with Crippen LogP contribution in [0.4, 0.5) is 0 Å². The standard InChI is InChI=1S/C48H78O13/c1-7-8-9-10-11-12-13-14-15-16-17-18-19-23-38(49)60-37-28-32(2)25-27-57-39(50)29-46(4,56)30-40(51)58-31-35-41(52)42(53)43(54)45(59-35)61-44(55)34-21-20-22-36-47(34,5)26-24-33(3)48(36,37)6/h21,25,33,35-37,41-43,45,52-54,56H,7-20,22-24,26-31H2,1-6H3. The number of rotatable bonds is 15. The molecular weight excluding hydrogens is 785 g/mol. The van der Waals surface area contributed by atoms with Gasteiger partial charge in [-0.2, -0.15) is 0 Å². The molecule has 11 atom stereocenters. The Balaban J connectivity index is 1.52. The van der Waals surface area contributed by atoms with Crippen LogP contribution in [0.1, 0.15) is 176 Å². The zero-order valence-electron chi connectivity index (χ0n) is 38.0. The average molecular weight is 863 g/mol. The summed E-state index contributed by atoms with van der Waals surface area (Å²) in [4.78, 5) is 53.5. The van der Waals surface area contributed by atoms with Gasteiger partial charge in [0.1, 0.15) is 43.7 Å². The van der Waals surface area contributed by atoms with Crippen molar-refractivity contribution in [3.05, 3.63) is 23.3 Å². The maximum absolute atomic E-state index is 14.2. The summed E-state index contributed by atoms with van der Waals surface area (Å²) in [6.07, 6.45) is 12.5. The van der Waals surface area contributed by atoms with Crippen LogP contribution in [0.5, 0.6) is 0 Å². The SMILES string of the molecule is CCCCCCCCCCCCCCCC(=O)OC1CC(C)=CCOC(=O)CC(C)(O)CC(=O)OCC2OC(OC(=O)C3=CCCC4C3(C)CCC(C)C14C)C(O)C(O)C2O. The Labute approximate surface area is 364 Å². The Morgan fingerprint density at radius 3 is 2.02 bits per heavy atom. The number of ether oxygens (including phenoxy) is 5. The second kappa shape index (κ2) is 23.7. The summed E-state index contributed by atoms with van der Waals surface area (Å²) in [7, 11) is 0. The highest BCUT2D eigenvalue weighted by molar-refractivity contribution is 5.90. The van der Waals surface area contributed by atoms with Gasteiger partial charge in [-0.15, -0.1) is 0 Å². The lowest BCUT2D eigenvalue weighted by Crippen LogP contribution is -2.60. The summed E-state index contributed by atoms with van der Waals surface area (Å²) in [5, 5.41) is 43.1. The minimum Gasteiger partial charge on any atom is -0.463 e. The van der Waals surface area contributed by atoms with Gasteiger partial charge in [0.25, 0.3) is 0 Å². The molecule has 1 saturated heterocycles. The summed E-state index contributed by atoms with van der Waals surface area (Å²) >= 11 is 0. The van der Waals surface area contributed by atoms with Crippen molar-refractivity contribution in [1.82, 2.24) is 0 Å². The van der Waals surface area contributed by atoms with Crippen molar-refractivity contribution in [3.8, 4) is 0 Å². The fraction of sp³-hybridized carbons (Fsp3) is 0.833. The minimum atomic E-state index is -1.83. The Kier molecular flexibility index (Phi) is 19.8. The van der Waals surface area contributed by atoms with E-state index in [2.05, 4.69) is 20.8 Å². The van der Waals surface area contributed by atoms with Crippen LogP contribution in [-0.4, -0.2) is 99.9 Å². The number of hydrogen-bond donors (Lipinski definition) is 4. The molecule has 11 unspecified atom stereocenters. The van der Waals surface area contributed by atoms with Crippen LogP contribution in [0.2, 0.25) is 0 Å². The predicted octanol–water partition coefficient (Wildman–Crippen LogP) is 7.48. The molecule has 0 spiro atoms. The van der Waals surface area contributed by atoms with E-state index < -0.39 is 90.6 Å². The molecule has 348 valence electrons. The number of hydrogen-bond acceptors (Lipinski definition) is 13. The van der Waals surface area contributed by atoms with E-state index >= 15 is 0 Å². The van der Waals surface area contributed by atoms with Gasteiger partial charge in [-0.1, -0.05) is 116 Å². The normalized spacial score (nSPS) is 35.6. The first-order valence-corrected chi connectivity index (χ1v) is 23.4. The summed E-state index contributed by atoms with van der Waals surface area (Å²) in [5.74, 6) is -2.69. The molecule has 61 heavy (non-hydrogen) atoms. The first-order chi connectivity index (χ1) is 28.9. The van der Waals surface area contributed by atoms with Crippen molar-refractivity contribution in [2.45, 2.75) is 219 Å². The molecule has 0 aromatic rings. The third-order valence-corrected chi connectivity index (χ3v) is 14.3. The highest BCUT2D eigenvalue weighted by Gasteiger charge is 2.60. The van der Waals surface area contributed by atoms with Crippen LogP contribution >= 0.6 is 0 Å². The molecule has 4 N–H and O–H groups in total. The fourth-order valence-corrected chi connectivity index (χ4v) is 10.3. The van der Waals surface area contributed by atoms with E-state index in [0.29, 0.717) is 31.3 Å². The molecule has 0 radical (unpaired) electrons. The number of cyclic esters (lactones) is 2. The summed E-state index contributed by atoms with van der Waals surface area (Å²) in [6, 6.07) is 0. The predicted molar refractivity (Wildman–Crippen MR) is 229 cm³/mol. The number of aliphatic hydroxyl groups is 4. The quantitative estimate of drug-likeness (QED) is 0.0548. The van der Waals surface area contributed by atoms with Gasteiger partial charge in [-0.25, -0.2) is 4.79 Å². The van der Waals surface area contributed by atoms with Crippen LogP contribution in [0.3, 0.4) is 0 Å². The molecule has 4 aliphatic rings. The number of aliphatic hydroxyl groups excluding tert-OH is 3. The average Bonchev–Trinajstić information content (AvgIpc) is 3.19. The molecule has 2 aliphatic carbocycles. The lowest BCUT2D eigenvalue weighted by atomic mass is 9.46. The largest absolute Gasteiger partial charge is 0.463 e. The first-order valence-electron chi connectivity index (χ1n) is 23.4. The smallest absolute Gasteiger partial charge is 0.336 e. The second-order valence-electron chi connectivity index (χ2n) is 19.3. The molecule has 0 amide bonds. The summed E-state index contributed by atoms with van der Waals surface area (Å²) < 4.78 is 28.8. The van der Waals surface area contributed by atoms with E-state index in [9.17, 15) is 39.6 Å². The zero-order chi connectivity index (χ0) is 44.8. The topological polar surface area (TPSA) is 195 Å². The van der Waals surface area contributed by atoms with Crippen LogP contribution in [0.15, 0.2) is 23.3 Å². The Morgan fingerprint density at radius 1 is 0.803 bits per heavy atom. The number of esters is 4. The molecular formula is C48H78O13. The third-order valence-electron chi connectivity index (χ3n) is 14.3. The molecule has 6 bridgehead atoms. The number of fused-ring (bicyclic) bond motifs is 2. The molecule has 13 nitrogen and oxygen atoms in total. The number of carbonyl (C=O) groups excluding carboxylic acids is 4. The van der Waals surface area contributed by atoms with Crippen LogP contribution in [-0.2, 0) is 42.9 Å². The molecule has 13 heteroatoms. The Morgan fingerprint density at radius 2 is 1.39 bits per heavy atom. The van der Waals surface area contributed by atoms with Crippen molar-refractivity contribution >= 4 is 23.9 Å². The first kappa shape index (κ1) is 50.8. The van der Waals surface area contributed by atoms with Gasteiger partial charge >= 0.3 is 23.9 Å². The highest BCUT2D eigenvalue weighted by atomic mass is 16.7. The minimum absolute atomic E-state index is 0.0940. The number of carbonyl (C=O) groups is 4. The van der Waals surface area contributed by atoms with Crippen LogP contribution in [0.25, 0.3) is 0 Å². The van der Waals surface area contributed by atoms with Crippen molar-refractivity contribution in [3.63, 3.8) is 0 Å². The number of unbranched alkanes of at least 4 members (excludes halogenated alkanes) is 12. The second-order valence-corrected chi connectivity index (χ2v) is 19.3. The van der Waals surface area contributed by atoms with Gasteiger partial charge in [0.05, 0.1) is 18.4 Å². The zero-order valence-corrected chi connectivity index (χ0v) is 38.0. The van der Waals surface area contributed by atoms with E-state index in [1.807, 2.05) is 19.9 Å². The fourth-order valence-electron chi connectivity index (χ4n) is 10.3. The van der Waals surface area contributed by atoms with Crippen molar-refractivity contribution in [2.24, 2.45) is 22.7 Å². The van der Waals surface area contributed by atoms with Gasteiger partial charge < -0.3 is 44.1 Å². The van der Waals surface area contributed by atoms with Gasteiger partial charge in [0.15, 0.2) is 0 Å². The molecule has 1 saturated carbocycles. The monoisotopic (exact) mass is 863 g/mol. The lowest BCUT2D eigenvalue weighted by molar-refractivity contribution is -0.292. The van der Waals surface area contributed by atoms with E-state index in [0.717, 1.165) is 44.1 Å². The van der Waals surface area contributed by atoms with Crippen LogP contribution in [0, 0.1) is 22.7 Å². The molecule has 4 rings (SSSR count). The molecule has 2 aliphatic heterocycles. The maximum Gasteiger partial charge on any atom is 0.336 e. The molecule has 0 aromatic carbocycles. The Hall–Kier alpha value is -2.84. The highest BCUT2D eigenvalue weighted by Crippen LogP contribution is 2.63. The van der Waals surface area contributed by atoms with E-state index in [1.165, 1.54) is 64.7 Å². The molecule has 0 aromatic heterocycles. The van der Waals surface area contributed by atoms with E-state index in [4.69, 9.17) is 23.7 Å². The van der Waals surface area contributed by atoms with Crippen molar-refractivity contribution in [2.75, 3.05) is 13.2 Å². The third kappa shape index (κ3) is 14.1. The van der Waals surface area contributed by atoms with Gasteiger partial charge in [0, 0.05) is 29.2 Å². The van der Waals surface area contributed by atoms with Crippen LogP contribution < -0.4 is 0 Å². The van der Waals surface area contributed by atoms with Crippen molar-refractivity contribution in [1.29, 1.82) is 0 Å². The van der Waals surface area contributed by atoms with Gasteiger partial charge in [0.2, 0.25) is 6.29 Å². The van der Waals surface area contributed by atoms with E-state index in [1.54, 1.807) is 6.08 Å². The molecule has 2 fully saturated rings. The summed E-state index contributed by atoms with van der Waals surface area (Å²) in [5.41, 5.74) is -1.91. The lowest BCUT2D eigenvalue weighted by Gasteiger charge is -2.59. The summed E-state index contributed by atoms with van der Waals surface area (Å²) in [6.45, 7) is 11.1. The maximum atomic E-state index is 14.2. The van der Waals surface area contributed by atoms with Gasteiger partial charge in [-0.3, -0.25) is 14.4 Å². The Bertz CT molecular complexity index is 1510. The van der Waals surface area contributed by atoms with Crippen molar-refractivity contribution < 1.29 is 63.3 Å². The van der Waals surface area contributed by atoms with Gasteiger partial charge in [-0.05, 0) is 63.9 Å². The number of allylic oxidation sites excluding steroid dienone is 1.